The second-order valence-electron chi connectivity index (χ2n) is 6.01. The predicted molar refractivity (Wildman–Crippen MR) is 69.6 cm³/mol. The van der Waals surface area contributed by atoms with Crippen LogP contribution >= 0.6 is 0 Å². The molecule has 0 amide bonds. The molecule has 0 saturated carbocycles. The molecule has 0 aromatic heterocycles. The van der Waals surface area contributed by atoms with E-state index in [0.717, 1.165) is 12.8 Å². The quantitative estimate of drug-likeness (QED) is 0.539. The van der Waals surface area contributed by atoms with E-state index in [1.807, 2.05) is 13.8 Å². The van der Waals surface area contributed by atoms with E-state index in [0.29, 0.717) is 12.8 Å². The van der Waals surface area contributed by atoms with Gasteiger partial charge < -0.3 is 0 Å². The van der Waals surface area contributed by atoms with Crippen LogP contribution in [0.1, 0.15) is 67.2 Å². The fraction of sp³-hybridized carbons (Fsp3) is 0.857. The summed E-state index contributed by atoms with van der Waals surface area (Å²) in [5.74, 6) is -0.991. The molecule has 0 aromatic carbocycles. The Labute approximate surface area is 110 Å². The van der Waals surface area contributed by atoms with Crippen molar-refractivity contribution in [2.24, 2.45) is 10.8 Å². The maximum absolute atomic E-state index is 11.7. The van der Waals surface area contributed by atoms with E-state index in [1.165, 1.54) is 0 Å². The Morgan fingerprint density at radius 2 is 1.06 bits per heavy atom. The molecule has 0 saturated heterocycles. The van der Waals surface area contributed by atoms with Crippen molar-refractivity contribution in [2.45, 2.75) is 67.2 Å². The fourth-order valence-corrected chi connectivity index (χ4v) is 1.76. The molecule has 0 fully saturated rings. The summed E-state index contributed by atoms with van der Waals surface area (Å²) >= 11 is 0. The summed E-state index contributed by atoms with van der Waals surface area (Å²) in [4.78, 5) is 32.8. The van der Waals surface area contributed by atoms with E-state index in [-0.39, 0.29) is 0 Å². The van der Waals surface area contributed by atoms with Gasteiger partial charge in [-0.05, 0) is 40.5 Å². The van der Waals surface area contributed by atoms with Gasteiger partial charge in [-0.2, -0.15) is 0 Å². The summed E-state index contributed by atoms with van der Waals surface area (Å²) in [5.41, 5.74) is -1.24. The van der Waals surface area contributed by atoms with Gasteiger partial charge in [-0.25, -0.2) is 19.4 Å². The van der Waals surface area contributed by atoms with Gasteiger partial charge >= 0.3 is 11.9 Å². The summed E-state index contributed by atoms with van der Waals surface area (Å²) in [6, 6.07) is 0. The van der Waals surface area contributed by atoms with Gasteiger partial charge in [-0.15, -0.1) is 0 Å². The van der Waals surface area contributed by atoms with E-state index >= 15 is 0 Å². The first-order valence-electron chi connectivity index (χ1n) is 6.60. The molecule has 0 radical (unpaired) electrons. The van der Waals surface area contributed by atoms with Gasteiger partial charge in [0.25, 0.3) is 0 Å². The number of rotatable bonds is 6. The molecule has 0 N–H and O–H groups in total. The number of carbonyl (C=O) groups excluding carboxylic acids is 2. The molecule has 0 rings (SSSR count). The monoisotopic (exact) mass is 258 g/mol. The van der Waals surface area contributed by atoms with E-state index in [4.69, 9.17) is 0 Å². The second-order valence-corrected chi connectivity index (χ2v) is 6.01. The third kappa shape index (κ3) is 5.07. The molecule has 0 bridgehead atoms. The number of hydrogen-bond donors (Lipinski definition) is 0. The largest absolute Gasteiger partial charge is 0.361 e. The zero-order valence-corrected chi connectivity index (χ0v) is 12.5. The zero-order chi connectivity index (χ0) is 14.4. The lowest BCUT2D eigenvalue weighted by Crippen LogP contribution is -2.31. The lowest BCUT2D eigenvalue weighted by atomic mass is 9.88. The minimum absolute atomic E-state index is 0.495. The highest BCUT2D eigenvalue weighted by Gasteiger charge is 2.34. The van der Waals surface area contributed by atoms with Crippen molar-refractivity contribution >= 4 is 11.9 Å². The fourth-order valence-electron chi connectivity index (χ4n) is 1.76. The Balaban J connectivity index is 4.33. The molecule has 0 aliphatic heterocycles. The minimum Gasteiger partial charge on any atom is -0.247 e. The van der Waals surface area contributed by atoms with Gasteiger partial charge in [0.05, 0.1) is 10.8 Å². The summed E-state index contributed by atoms with van der Waals surface area (Å²) in [6.07, 6.45) is 3.14. The lowest BCUT2D eigenvalue weighted by molar-refractivity contribution is -0.272. The van der Waals surface area contributed by atoms with Crippen LogP contribution in [0.15, 0.2) is 0 Å². The Morgan fingerprint density at radius 3 is 1.28 bits per heavy atom. The Bertz CT molecular complexity index is 262. The highest BCUT2D eigenvalue weighted by atomic mass is 17.2. The first-order valence-corrected chi connectivity index (χ1v) is 6.60. The average molecular weight is 258 g/mol. The highest BCUT2D eigenvalue weighted by Crippen LogP contribution is 2.27. The summed E-state index contributed by atoms with van der Waals surface area (Å²) in [5, 5.41) is 0. The molecule has 0 unspecified atom stereocenters. The Hall–Kier alpha value is -1.06. The van der Waals surface area contributed by atoms with Crippen molar-refractivity contribution in [1.29, 1.82) is 0 Å². The molecule has 0 spiro atoms. The van der Waals surface area contributed by atoms with E-state index < -0.39 is 22.8 Å². The Kier molecular flexibility index (Phi) is 6.36. The van der Waals surface area contributed by atoms with Crippen LogP contribution in [-0.2, 0) is 19.4 Å². The predicted octanol–water partition coefficient (Wildman–Crippen LogP) is 3.64. The average Bonchev–Trinajstić information content (AvgIpc) is 2.24. The van der Waals surface area contributed by atoms with Gasteiger partial charge in [-0.3, -0.25) is 0 Å². The molecule has 106 valence electrons. The van der Waals surface area contributed by atoms with Crippen molar-refractivity contribution in [3.8, 4) is 0 Å². The molecule has 18 heavy (non-hydrogen) atoms. The van der Waals surface area contributed by atoms with Gasteiger partial charge in [0.15, 0.2) is 0 Å². The van der Waals surface area contributed by atoms with Crippen molar-refractivity contribution < 1.29 is 19.4 Å². The van der Waals surface area contributed by atoms with E-state index in [1.54, 1.807) is 27.7 Å². The SMILES string of the molecule is CCCC(C)(C)C(=O)OOC(=O)C(C)(C)CCC. The first-order chi connectivity index (χ1) is 8.17. The van der Waals surface area contributed by atoms with Crippen LogP contribution in [0.25, 0.3) is 0 Å². The lowest BCUT2D eigenvalue weighted by Gasteiger charge is -2.23. The van der Waals surface area contributed by atoms with Crippen LogP contribution in [0.5, 0.6) is 0 Å². The standard InChI is InChI=1S/C14H26O4/c1-7-9-13(3,4)11(15)17-18-12(16)14(5,6)10-8-2/h7-10H2,1-6H3. The summed E-state index contributed by atoms with van der Waals surface area (Å²) in [6.45, 7) is 11.1. The van der Waals surface area contributed by atoms with Crippen LogP contribution in [-0.4, -0.2) is 11.9 Å². The molecular weight excluding hydrogens is 232 g/mol. The van der Waals surface area contributed by atoms with Crippen molar-refractivity contribution in [3.63, 3.8) is 0 Å². The van der Waals surface area contributed by atoms with E-state index in [2.05, 4.69) is 9.78 Å². The first kappa shape index (κ1) is 16.9. The van der Waals surface area contributed by atoms with Crippen molar-refractivity contribution in [2.75, 3.05) is 0 Å². The van der Waals surface area contributed by atoms with Crippen molar-refractivity contribution in [3.05, 3.63) is 0 Å². The minimum atomic E-state index is -0.621. The van der Waals surface area contributed by atoms with Gasteiger partial charge in [-0.1, -0.05) is 26.7 Å². The molecule has 0 aliphatic rings. The summed E-state index contributed by atoms with van der Waals surface area (Å²) < 4.78 is 0. The Morgan fingerprint density at radius 1 is 0.778 bits per heavy atom. The number of hydrogen-bond acceptors (Lipinski definition) is 4. The smallest absolute Gasteiger partial charge is 0.247 e. The molecule has 0 heterocycles. The second kappa shape index (κ2) is 6.76. The van der Waals surface area contributed by atoms with Crippen molar-refractivity contribution in [1.82, 2.24) is 0 Å². The van der Waals surface area contributed by atoms with Gasteiger partial charge in [0.2, 0.25) is 0 Å². The normalized spacial score (nSPS) is 12.1. The molecular formula is C14H26O4. The third-order valence-electron chi connectivity index (χ3n) is 3.05. The van der Waals surface area contributed by atoms with E-state index in [9.17, 15) is 9.59 Å². The summed E-state index contributed by atoms with van der Waals surface area (Å²) in [7, 11) is 0. The third-order valence-corrected chi connectivity index (χ3v) is 3.05. The van der Waals surface area contributed by atoms with Gasteiger partial charge in [0.1, 0.15) is 0 Å². The molecule has 0 atom stereocenters. The molecule has 0 aliphatic carbocycles. The zero-order valence-electron chi connectivity index (χ0n) is 12.5. The maximum atomic E-state index is 11.7. The maximum Gasteiger partial charge on any atom is 0.361 e. The van der Waals surface area contributed by atoms with Crippen LogP contribution in [0.3, 0.4) is 0 Å². The van der Waals surface area contributed by atoms with Gasteiger partial charge in [0, 0.05) is 0 Å². The topological polar surface area (TPSA) is 52.6 Å². The van der Waals surface area contributed by atoms with Crippen LogP contribution in [0.2, 0.25) is 0 Å². The van der Waals surface area contributed by atoms with Crippen LogP contribution in [0.4, 0.5) is 0 Å². The van der Waals surface area contributed by atoms with Crippen LogP contribution < -0.4 is 0 Å². The highest BCUT2D eigenvalue weighted by molar-refractivity contribution is 5.79. The number of carbonyl (C=O) groups is 2. The molecule has 4 heteroatoms. The molecule has 0 aromatic rings. The molecule has 4 nitrogen and oxygen atoms in total. The van der Waals surface area contributed by atoms with Crippen LogP contribution in [0, 0.1) is 10.8 Å².